The monoisotopic (exact) mass is 462 g/mol. The van der Waals surface area contributed by atoms with Crippen molar-refractivity contribution in [3.63, 3.8) is 0 Å². The molecule has 8 nitrogen and oxygen atoms in total. The van der Waals surface area contributed by atoms with Gasteiger partial charge >= 0.3 is 0 Å². The van der Waals surface area contributed by atoms with E-state index in [1.807, 2.05) is 18.3 Å². The fraction of sp³-hybridized carbons (Fsp3) is 0.292. The first kappa shape index (κ1) is 22.6. The molecule has 0 spiro atoms. The summed E-state index contributed by atoms with van der Waals surface area (Å²) < 4.78 is 4.02. The van der Waals surface area contributed by atoms with Gasteiger partial charge in [-0.05, 0) is 41.9 Å². The van der Waals surface area contributed by atoms with Crippen molar-refractivity contribution in [3.05, 3.63) is 65.8 Å². The number of fused-ring (bicyclic) bond motifs is 1. The van der Waals surface area contributed by atoms with Gasteiger partial charge in [-0.3, -0.25) is 14.6 Å². The minimum atomic E-state index is -0.270. The Labute approximate surface area is 196 Å². The highest BCUT2D eigenvalue weighted by molar-refractivity contribution is 7.03. The van der Waals surface area contributed by atoms with Crippen LogP contribution >= 0.6 is 11.5 Å². The van der Waals surface area contributed by atoms with Crippen LogP contribution in [0.25, 0.3) is 22.0 Å². The lowest BCUT2D eigenvalue weighted by Gasteiger charge is -2.16. The van der Waals surface area contributed by atoms with E-state index in [1.54, 1.807) is 31.0 Å². The summed E-state index contributed by atoms with van der Waals surface area (Å²) in [7, 11) is 1.65. The van der Waals surface area contributed by atoms with Crippen LogP contribution in [0.15, 0.2) is 54.4 Å². The predicted molar refractivity (Wildman–Crippen MR) is 129 cm³/mol. The molecule has 4 rings (SSSR count). The van der Waals surface area contributed by atoms with Crippen LogP contribution in [0.1, 0.15) is 54.3 Å². The van der Waals surface area contributed by atoms with E-state index < -0.39 is 0 Å². The number of nitrogens with zero attached hydrogens (tertiary/aromatic N) is 3. The Morgan fingerprint density at radius 1 is 1.09 bits per heavy atom. The standard InChI is InChI=1S/C24H26N6O2S/c1-25-22(31)6-4-2-3-5-20(30-24(32)19-13-28-33-15-19)23-27-14-21(29-23)17-8-7-16-9-10-26-12-18(16)11-17/h7-15,20H,2-6H2,1H3,(H,25,31)(H,27,29)(H,30,32)/t20-/m0/s1. The highest BCUT2D eigenvalue weighted by Crippen LogP contribution is 2.25. The van der Waals surface area contributed by atoms with E-state index in [4.69, 9.17) is 0 Å². The molecule has 3 aromatic heterocycles. The van der Waals surface area contributed by atoms with Crippen molar-refractivity contribution in [2.75, 3.05) is 7.05 Å². The van der Waals surface area contributed by atoms with Crippen LogP contribution in [-0.4, -0.2) is 38.2 Å². The quantitative estimate of drug-likeness (QED) is 0.305. The predicted octanol–water partition coefficient (Wildman–Crippen LogP) is 4.25. The largest absolute Gasteiger partial charge is 0.359 e. The van der Waals surface area contributed by atoms with Gasteiger partial charge in [-0.1, -0.05) is 25.0 Å². The van der Waals surface area contributed by atoms with Crippen LogP contribution in [0, 0.1) is 0 Å². The first-order chi connectivity index (χ1) is 16.1. The second-order valence-electron chi connectivity index (χ2n) is 7.83. The summed E-state index contributed by atoms with van der Waals surface area (Å²) in [5.41, 5.74) is 2.43. The Kier molecular flexibility index (Phi) is 7.41. The van der Waals surface area contributed by atoms with Gasteiger partial charge in [-0.25, -0.2) is 9.36 Å². The van der Waals surface area contributed by atoms with E-state index in [0.29, 0.717) is 24.2 Å². The third kappa shape index (κ3) is 5.81. The average Bonchev–Trinajstić information content (AvgIpc) is 3.55. The first-order valence-corrected chi connectivity index (χ1v) is 11.8. The topological polar surface area (TPSA) is 113 Å². The smallest absolute Gasteiger partial charge is 0.254 e. The number of hydrogen-bond acceptors (Lipinski definition) is 6. The normalized spacial score (nSPS) is 11.9. The number of benzene rings is 1. The molecule has 1 atom stereocenters. The lowest BCUT2D eigenvalue weighted by Crippen LogP contribution is -2.29. The molecule has 0 saturated carbocycles. The highest BCUT2D eigenvalue weighted by Gasteiger charge is 2.19. The fourth-order valence-electron chi connectivity index (χ4n) is 3.68. The molecule has 0 aliphatic carbocycles. The number of aromatic nitrogens is 4. The molecule has 4 aromatic rings. The van der Waals surface area contributed by atoms with Gasteiger partial charge in [0.2, 0.25) is 5.91 Å². The van der Waals surface area contributed by atoms with Crippen molar-refractivity contribution in [1.82, 2.24) is 30.0 Å². The number of aromatic amines is 1. The molecule has 0 radical (unpaired) electrons. The minimum absolute atomic E-state index is 0.0473. The maximum Gasteiger partial charge on any atom is 0.254 e. The van der Waals surface area contributed by atoms with Gasteiger partial charge in [0.25, 0.3) is 5.91 Å². The van der Waals surface area contributed by atoms with Crippen molar-refractivity contribution >= 4 is 34.1 Å². The van der Waals surface area contributed by atoms with Crippen LogP contribution in [-0.2, 0) is 4.79 Å². The maximum atomic E-state index is 12.7. The Morgan fingerprint density at radius 3 is 2.82 bits per heavy atom. The summed E-state index contributed by atoms with van der Waals surface area (Å²) in [6.07, 6.45) is 10.8. The molecule has 0 aliphatic heterocycles. The van der Waals surface area contributed by atoms with Crippen LogP contribution in [0.3, 0.4) is 0 Å². The Hall–Kier alpha value is -3.59. The number of pyridine rings is 1. The number of unbranched alkanes of at least 4 members (excludes halogenated alkanes) is 2. The number of hydrogen-bond donors (Lipinski definition) is 3. The molecule has 33 heavy (non-hydrogen) atoms. The van der Waals surface area contributed by atoms with Crippen molar-refractivity contribution < 1.29 is 9.59 Å². The molecular weight excluding hydrogens is 436 g/mol. The van der Waals surface area contributed by atoms with E-state index in [9.17, 15) is 9.59 Å². The van der Waals surface area contributed by atoms with E-state index in [1.165, 1.54) is 11.5 Å². The lowest BCUT2D eigenvalue weighted by molar-refractivity contribution is -0.120. The molecule has 0 aliphatic rings. The van der Waals surface area contributed by atoms with Gasteiger partial charge in [0.15, 0.2) is 0 Å². The molecule has 170 valence electrons. The summed E-state index contributed by atoms with van der Waals surface area (Å²) in [6.45, 7) is 0. The second-order valence-corrected chi connectivity index (χ2v) is 8.49. The third-order valence-electron chi connectivity index (χ3n) is 5.55. The zero-order valence-corrected chi connectivity index (χ0v) is 19.2. The van der Waals surface area contributed by atoms with Gasteiger partial charge in [0, 0.05) is 42.2 Å². The molecule has 9 heteroatoms. The minimum Gasteiger partial charge on any atom is -0.359 e. The Balaban J connectivity index is 1.48. The van der Waals surface area contributed by atoms with Gasteiger partial charge in [0.1, 0.15) is 5.82 Å². The van der Waals surface area contributed by atoms with Gasteiger partial charge in [-0.2, -0.15) is 0 Å². The van der Waals surface area contributed by atoms with Crippen molar-refractivity contribution in [3.8, 4) is 11.3 Å². The summed E-state index contributed by atoms with van der Waals surface area (Å²) in [4.78, 5) is 36.3. The molecule has 3 heterocycles. The summed E-state index contributed by atoms with van der Waals surface area (Å²) in [6, 6.07) is 7.88. The number of H-pyrrole nitrogens is 1. The van der Waals surface area contributed by atoms with Gasteiger partial charge in [0.05, 0.1) is 29.7 Å². The number of imidazole rings is 1. The van der Waals surface area contributed by atoms with Gasteiger partial charge in [-0.15, -0.1) is 0 Å². The first-order valence-electron chi connectivity index (χ1n) is 10.9. The number of rotatable bonds is 10. The highest BCUT2D eigenvalue weighted by atomic mass is 32.1. The van der Waals surface area contributed by atoms with E-state index >= 15 is 0 Å². The van der Waals surface area contributed by atoms with Crippen LogP contribution in [0.4, 0.5) is 0 Å². The van der Waals surface area contributed by atoms with Crippen molar-refractivity contribution in [2.45, 2.75) is 38.1 Å². The zero-order chi connectivity index (χ0) is 23.0. The molecule has 0 bridgehead atoms. The van der Waals surface area contributed by atoms with Crippen LogP contribution in [0.2, 0.25) is 0 Å². The van der Waals surface area contributed by atoms with E-state index in [-0.39, 0.29) is 17.9 Å². The summed E-state index contributed by atoms with van der Waals surface area (Å²) in [5.74, 6) is 0.582. The second kappa shape index (κ2) is 10.8. The SMILES string of the molecule is CNC(=O)CCCCC[C@H](NC(=O)c1cnsc1)c1ncc(-c2ccc3ccncc3c2)[nH]1. The molecule has 0 saturated heterocycles. The molecule has 1 aromatic carbocycles. The average molecular weight is 463 g/mol. The Bertz CT molecular complexity index is 1220. The summed E-state index contributed by atoms with van der Waals surface area (Å²) >= 11 is 1.25. The Morgan fingerprint density at radius 2 is 2.00 bits per heavy atom. The third-order valence-corrected chi connectivity index (χ3v) is 6.14. The number of carbonyl (C=O) groups excluding carboxylic acids is 2. The molecular formula is C24H26N6O2S. The lowest BCUT2D eigenvalue weighted by atomic mass is 10.1. The zero-order valence-electron chi connectivity index (χ0n) is 18.4. The molecule has 2 amide bonds. The number of amides is 2. The maximum absolute atomic E-state index is 12.7. The number of carbonyl (C=O) groups is 2. The van der Waals surface area contributed by atoms with E-state index in [2.05, 4.69) is 42.1 Å². The molecule has 0 unspecified atom stereocenters. The van der Waals surface area contributed by atoms with Gasteiger partial charge < -0.3 is 15.6 Å². The molecule has 0 fully saturated rings. The van der Waals surface area contributed by atoms with Crippen molar-refractivity contribution in [2.24, 2.45) is 0 Å². The van der Waals surface area contributed by atoms with Crippen LogP contribution in [0.5, 0.6) is 0 Å². The summed E-state index contributed by atoms with van der Waals surface area (Å²) in [5, 5.41) is 9.63. The number of nitrogens with one attached hydrogen (secondary N) is 3. The molecule has 3 N–H and O–H groups in total. The fourth-order valence-corrected chi connectivity index (χ4v) is 4.20. The van der Waals surface area contributed by atoms with Crippen LogP contribution < -0.4 is 10.6 Å². The van der Waals surface area contributed by atoms with E-state index in [0.717, 1.165) is 41.3 Å². The van der Waals surface area contributed by atoms with Crippen molar-refractivity contribution in [1.29, 1.82) is 0 Å².